The third kappa shape index (κ3) is 2.60. The molecule has 4 atom stereocenters. The highest BCUT2D eigenvalue weighted by Gasteiger charge is 2.43. The lowest BCUT2D eigenvalue weighted by Crippen LogP contribution is -2.57. The summed E-state index contributed by atoms with van der Waals surface area (Å²) in [5.41, 5.74) is -0.439. The zero-order valence-electron chi connectivity index (χ0n) is 11.0. The number of aliphatic hydroxyl groups is 1. The first kappa shape index (κ1) is 12.4. The molecule has 1 aliphatic carbocycles. The first-order valence-electron chi connectivity index (χ1n) is 6.95. The molecule has 2 rings (SSSR count). The summed E-state index contributed by atoms with van der Waals surface area (Å²) in [7, 11) is 0. The molecule has 94 valence electrons. The average Bonchev–Trinajstić information content (AvgIpc) is 2.15. The monoisotopic (exact) mass is 225 g/mol. The van der Waals surface area contributed by atoms with Crippen LogP contribution < -0.4 is 5.32 Å². The molecule has 0 aromatic carbocycles. The van der Waals surface area contributed by atoms with Crippen LogP contribution in [0.5, 0.6) is 0 Å². The van der Waals surface area contributed by atoms with Gasteiger partial charge in [0.1, 0.15) is 0 Å². The molecule has 0 amide bonds. The van der Waals surface area contributed by atoms with E-state index in [9.17, 15) is 5.11 Å². The van der Waals surface area contributed by atoms with Crippen LogP contribution in [-0.4, -0.2) is 23.3 Å². The van der Waals surface area contributed by atoms with Gasteiger partial charge in [0.05, 0.1) is 5.60 Å². The van der Waals surface area contributed by atoms with Gasteiger partial charge in [0.25, 0.3) is 0 Å². The van der Waals surface area contributed by atoms with Crippen molar-refractivity contribution < 1.29 is 5.11 Å². The fourth-order valence-electron chi connectivity index (χ4n) is 3.95. The normalized spacial score (nSPS) is 50.2. The van der Waals surface area contributed by atoms with Crippen molar-refractivity contribution in [2.24, 2.45) is 17.8 Å². The molecule has 0 spiro atoms. The highest BCUT2D eigenvalue weighted by atomic mass is 16.3. The van der Waals surface area contributed by atoms with Crippen molar-refractivity contribution in [1.29, 1.82) is 0 Å². The second-order valence-corrected chi connectivity index (χ2v) is 6.59. The maximum atomic E-state index is 10.9. The second-order valence-electron chi connectivity index (χ2n) is 6.59. The summed E-state index contributed by atoms with van der Waals surface area (Å²) in [6.45, 7) is 7.96. The van der Waals surface area contributed by atoms with Crippen LogP contribution in [0.4, 0.5) is 0 Å². The first-order valence-corrected chi connectivity index (χ1v) is 6.95. The SMILES string of the molecule is CC1CCNC(C2(O)CC(C)CC(C)C2)C1. The fourth-order valence-corrected chi connectivity index (χ4v) is 3.95. The van der Waals surface area contributed by atoms with Crippen molar-refractivity contribution in [3.63, 3.8) is 0 Å². The van der Waals surface area contributed by atoms with E-state index in [0.29, 0.717) is 17.9 Å². The molecule has 0 bridgehead atoms. The number of piperidine rings is 1. The molecule has 2 heteroatoms. The van der Waals surface area contributed by atoms with Crippen LogP contribution in [-0.2, 0) is 0 Å². The van der Waals surface area contributed by atoms with E-state index in [1.165, 1.54) is 12.8 Å². The maximum absolute atomic E-state index is 10.9. The Hall–Kier alpha value is -0.0800. The molecule has 2 N–H and O–H groups in total. The lowest BCUT2D eigenvalue weighted by Gasteiger charge is -2.46. The zero-order chi connectivity index (χ0) is 11.8. The molecule has 0 radical (unpaired) electrons. The van der Waals surface area contributed by atoms with Crippen LogP contribution in [0, 0.1) is 17.8 Å². The van der Waals surface area contributed by atoms with Gasteiger partial charge in [0.15, 0.2) is 0 Å². The Morgan fingerprint density at radius 2 is 1.62 bits per heavy atom. The fraction of sp³-hybridized carbons (Fsp3) is 1.00. The molecular formula is C14H27NO. The summed E-state index contributed by atoms with van der Waals surface area (Å²) in [6.07, 6.45) is 5.67. The van der Waals surface area contributed by atoms with E-state index in [0.717, 1.165) is 31.7 Å². The molecule has 1 saturated heterocycles. The van der Waals surface area contributed by atoms with Gasteiger partial charge < -0.3 is 10.4 Å². The first-order chi connectivity index (χ1) is 7.49. The van der Waals surface area contributed by atoms with Gasteiger partial charge in [-0.3, -0.25) is 0 Å². The minimum absolute atomic E-state index is 0.335. The van der Waals surface area contributed by atoms with Crippen LogP contribution >= 0.6 is 0 Å². The van der Waals surface area contributed by atoms with Gasteiger partial charge in [-0.1, -0.05) is 20.8 Å². The Morgan fingerprint density at radius 3 is 2.19 bits per heavy atom. The molecule has 2 nitrogen and oxygen atoms in total. The van der Waals surface area contributed by atoms with E-state index in [-0.39, 0.29) is 0 Å². The highest BCUT2D eigenvalue weighted by Crippen LogP contribution is 2.40. The van der Waals surface area contributed by atoms with Crippen molar-refractivity contribution in [2.45, 2.75) is 64.5 Å². The molecule has 4 unspecified atom stereocenters. The van der Waals surface area contributed by atoms with Crippen LogP contribution in [0.1, 0.15) is 52.9 Å². The van der Waals surface area contributed by atoms with Crippen molar-refractivity contribution in [3.05, 3.63) is 0 Å². The summed E-state index contributed by atoms with van der Waals surface area (Å²) in [5.74, 6) is 2.11. The van der Waals surface area contributed by atoms with Gasteiger partial charge in [-0.2, -0.15) is 0 Å². The third-order valence-electron chi connectivity index (χ3n) is 4.52. The Balaban J connectivity index is 2.04. The maximum Gasteiger partial charge on any atom is 0.0805 e. The number of hydrogen-bond donors (Lipinski definition) is 2. The number of hydrogen-bond acceptors (Lipinski definition) is 2. The summed E-state index contributed by atoms with van der Waals surface area (Å²) in [6, 6.07) is 0.335. The smallest absolute Gasteiger partial charge is 0.0805 e. The van der Waals surface area contributed by atoms with E-state index < -0.39 is 5.60 Å². The quantitative estimate of drug-likeness (QED) is 0.719. The topological polar surface area (TPSA) is 32.3 Å². The summed E-state index contributed by atoms with van der Waals surface area (Å²) in [4.78, 5) is 0. The van der Waals surface area contributed by atoms with Gasteiger partial charge in [-0.25, -0.2) is 0 Å². The van der Waals surface area contributed by atoms with Gasteiger partial charge in [-0.15, -0.1) is 0 Å². The minimum Gasteiger partial charge on any atom is -0.388 e. The van der Waals surface area contributed by atoms with Crippen molar-refractivity contribution >= 4 is 0 Å². The molecular weight excluding hydrogens is 198 g/mol. The van der Waals surface area contributed by atoms with E-state index in [2.05, 4.69) is 26.1 Å². The predicted octanol–water partition coefficient (Wildman–Crippen LogP) is 2.56. The van der Waals surface area contributed by atoms with E-state index in [1.54, 1.807) is 0 Å². The van der Waals surface area contributed by atoms with Gasteiger partial charge in [0.2, 0.25) is 0 Å². The molecule has 1 aliphatic heterocycles. The largest absolute Gasteiger partial charge is 0.388 e. The Kier molecular flexibility index (Phi) is 3.60. The number of nitrogens with one attached hydrogen (secondary N) is 1. The van der Waals surface area contributed by atoms with Crippen molar-refractivity contribution in [3.8, 4) is 0 Å². The minimum atomic E-state index is -0.439. The highest BCUT2D eigenvalue weighted by molar-refractivity contribution is 4.98. The summed E-state index contributed by atoms with van der Waals surface area (Å²) in [5, 5.41) is 14.4. The number of rotatable bonds is 1. The Morgan fingerprint density at radius 1 is 1.00 bits per heavy atom. The molecule has 2 aliphatic rings. The summed E-state index contributed by atoms with van der Waals surface area (Å²) >= 11 is 0. The predicted molar refractivity (Wildman–Crippen MR) is 67.3 cm³/mol. The van der Waals surface area contributed by atoms with E-state index >= 15 is 0 Å². The average molecular weight is 225 g/mol. The van der Waals surface area contributed by atoms with Crippen LogP contribution in [0.2, 0.25) is 0 Å². The second kappa shape index (κ2) is 4.66. The van der Waals surface area contributed by atoms with Gasteiger partial charge >= 0.3 is 0 Å². The molecule has 0 aromatic rings. The van der Waals surface area contributed by atoms with Gasteiger partial charge in [0, 0.05) is 6.04 Å². The lowest BCUT2D eigenvalue weighted by molar-refractivity contribution is -0.0702. The summed E-state index contributed by atoms with van der Waals surface area (Å²) < 4.78 is 0. The van der Waals surface area contributed by atoms with Crippen LogP contribution in [0.3, 0.4) is 0 Å². The molecule has 2 fully saturated rings. The molecule has 16 heavy (non-hydrogen) atoms. The van der Waals surface area contributed by atoms with E-state index in [1.807, 2.05) is 0 Å². The molecule has 0 aromatic heterocycles. The molecule has 1 saturated carbocycles. The Labute approximate surface area is 99.8 Å². The van der Waals surface area contributed by atoms with Crippen LogP contribution in [0.25, 0.3) is 0 Å². The van der Waals surface area contributed by atoms with Crippen molar-refractivity contribution in [2.75, 3.05) is 6.54 Å². The Bertz CT molecular complexity index is 231. The zero-order valence-corrected chi connectivity index (χ0v) is 11.0. The van der Waals surface area contributed by atoms with Gasteiger partial charge in [-0.05, 0) is 56.4 Å². The standard InChI is InChI=1S/C14H27NO/c1-10-4-5-15-13(7-10)14(16)8-11(2)6-12(3)9-14/h10-13,15-16H,4-9H2,1-3H3. The third-order valence-corrected chi connectivity index (χ3v) is 4.52. The lowest BCUT2D eigenvalue weighted by atomic mass is 9.68. The van der Waals surface area contributed by atoms with E-state index in [4.69, 9.17) is 0 Å². The molecule has 1 heterocycles. The van der Waals surface area contributed by atoms with Crippen molar-refractivity contribution in [1.82, 2.24) is 5.32 Å². The van der Waals surface area contributed by atoms with Crippen LogP contribution in [0.15, 0.2) is 0 Å².